The zero-order valence-corrected chi connectivity index (χ0v) is 18.8. The van der Waals surface area contributed by atoms with Crippen LogP contribution in [-0.4, -0.2) is 49.8 Å². The molecular formula is C21H30N4O2S2. The summed E-state index contributed by atoms with van der Waals surface area (Å²) in [5, 5.41) is 9.63. The fourth-order valence-corrected chi connectivity index (χ4v) is 2.88. The topological polar surface area (TPSA) is 101 Å². The molecule has 0 saturated carbocycles. The van der Waals surface area contributed by atoms with Crippen molar-refractivity contribution >= 4 is 52.8 Å². The second kappa shape index (κ2) is 18.9. The predicted molar refractivity (Wildman–Crippen MR) is 130 cm³/mol. The fraction of sp³-hybridized carbons (Fsp3) is 0.286. The van der Waals surface area contributed by atoms with E-state index in [4.69, 9.17) is 11.1 Å². The van der Waals surface area contributed by atoms with Crippen LogP contribution in [0.4, 0.5) is 11.4 Å². The number of aliphatic imine (C=N–C) groups is 1. The molecule has 0 bridgehead atoms. The molecule has 0 radical (unpaired) electrons. The summed E-state index contributed by atoms with van der Waals surface area (Å²) < 4.78 is 4.55. The Morgan fingerprint density at radius 1 is 1.17 bits per heavy atom. The average molecular weight is 435 g/mol. The molecule has 29 heavy (non-hydrogen) atoms. The molecule has 4 N–H and O–H groups in total. The summed E-state index contributed by atoms with van der Waals surface area (Å²) >= 11 is 3.44. The minimum atomic E-state index is -0.308. The van der Waals surface area contributed by atoms with E-state index >= 15 is 0 Å². The molecule has 0 fully saturated rings. The summed E-state index contributed by atoms with van der Waals surface area (Å²) in [6.07, 6.45) is 4.62. The number of ether oxygens (including phenoxy) is 1. The number of carbonyl (C=O) groups is 1. The highest BCUT2D eigenvalue weighted by Crippen LogP contribution is 2.09. The summed E-state index contributed by atoms with van der Waals surface area (Å²) in [6.45, 7) is 0. The number of nitrogens with one attached hydrogen (secondary N) is 2. The Morgan fingerprint density at radius 2 is 1.83 bits per heavy atom. The standard InChI is InChI=1S/C9H11NO2.C7H8N2.C5H11NS2/c1-10-8-5-3-7(4-6-8)9(11)12-2;8-6-9-7-4-2-1-3-5-7;1-7-3-2-4-8-5-6/h3-6,10H,1-2H3;1-6H,(H2,8,9);5-6H,2-4H2,1H3. The number of rotatable bonds is 8. The number of nitrogens with zero attached hydrogens (tertiary/aromatic N) is 1. The lowest BCUT2D eigenvalue weighted by molar-refractivity contribution is 0.0601. The number of benzene rings is 2. The van der Waals surface area contributed by atoms with Gasteiger partial charge >= 0.3 is 5.97 Å². The number of anilines is 1. The SMILES string of the molecule is CNc1ccc(C(=O)OC)cc1.CSCCCSC=N.NC=Nc1ccccc1. The van der Waals surface area contributed by atoms with Crippen LogP contribution in [0.3, 0.4) is 0 Å². The van der Waals surface area contributed by atoms with Crippen molar-refractivity contribution in [3.63, 3.8) is 0 Å². The molecule has 158 valence electrons. The van der Waals surface area contributed by atoms with Gasteiger partial charge in [0.15, 0.2) is 0 Å². The van der Waals surface area contributed by atoms with Crippen LogP contribution in [0.5, 0.6) is 0 Å². The molecule has 2 rings (SSSR count). The Hall–Kier alpha value is -2.45. The summed E-state index contributed by atoms with van der Waals surface area (Å²) in [7, 11) is 3.20. The van der Waals surface area contributed by atoms with Gasteiger partial charge in [-0.15, -0.1) is 11.8 Å². The molecule has 0 heterocycles. The third-order valence-corrected chi connectivity index (χ3v) is 4.66. The van der Waals surface area contributed by atoms with Gasteiger partial charge in [0.2, 0.25) is 0 Å². The van der Waals surface area contributed by atoms with E-state index in [9.17, 15) is 4.79 Å². The normalized spacial score (nSPS) is 9.48. The number of esters is 1. The summed E-state index contributed by atoms with van der Waals surface area (Å²) in [6, 6.07) is 16.7. The molecule has 0 aromatic heterocycles. The molecule has 0 aliphatic carbocycles. The smallest absolute Gasteiger partial charge is 0.337 e. The highest BCUT2D eigenvalue weighted by molar-refractivity contribution is 8.12. The quantitative estimate of drug-likeness (QED) is 0.236. The Labute approximate surface area is 182 Å². The van der Waals surface area contributed by atoms with E-state index in [2.05, 4.69) is 21.3 Å². The van der Waals surface area contributed by atoms with Crippen molar-refractivity contribution < 1.29 is 9.53 Å². The van der Waals surface area contributed by atoms with E-state index in [-0.39, 0.29) is 5.97 Å². The van der Waals surface area contributed by atoms with Crippen molar-refractivity contribution in [1.82, 2.24) is 0 Å². The van der Waals surface area contributed by atoms with Gasteiger partial charge < -0.3 is 21.2 Å². The van der Waals surface area contributed by atoms with Crippen LogP contribution in [-0.2, 0) is 4.74 Å². The third kappa shape index (κ3) is 14.2. The lowest BCUT2D eigenvalue weighted by atomic mass is 10.2. The highest BCUT2D eigenvalue weighted by Gasteiger charge is 2.02. The molecule has 2 aromatic carbocycles. The maximum atomic E-state index is 11.0. The minimum absolute atomic E-state index is 0.308. The molecule has 0 atom stereocenters. The van der Waals surface area contributed by atoms with Gasteiger partial charge in [0.05, 0.1) is 30.2 Å². The molecule has 0 aliphatic heterocycles. The molecule has 0 spiro atoms. The minimum Gasteiger partial charge on any atom is -0.465 e. The molecule has 0 unspecified atom stereocenters. The maximum Gasteiger partial charge on any atom is 0.337 e. The molecule has 6 nitrogen and oxygen atoms in total. The monoisotopic (exact) mass is 434 g/mol. The molecule has 0 amide bonds. The first-order chi connectivity index (χ1) is 14.1. The number of para-hydroxylation sites is 1. The average Bonchev–Trinajstić information content (AvgIpc) is 2.78. The molecule has 0 saturated heterocycles. The first-order valence-electron chi connectivity index (χ1n) is 8.87. The number of methoxy groups -OCH3 is 1. The van der Waals surface area contributed by atoms with Crippen molar-refractivity contribution in [2.24, 2.45) is 10.7 Å². The first kappa shape index (κ1) is 26.6. The number of thioether (sulfide) groups is 2. The van der Waals surface area contributed by atoms with Crippen LogP contribution in [0.15, 0.2) is 59.6 Å². The van der Waals surface area contributed by atoms with Crippen LogP contribution in [0, 0.1) is 5.41 Å². The highest BCUT2D eigenvalue weighted by atomic mass is 32.2. The molecule has 8 heteroatoms. The number of carbonyl (C=O) groups excluding carboxylic acids is 1. The third-order valence-electron chi connectivity index (χ3n) is 3.27. The van der Waals surface area contributed by atoms with Crippen LogP contribution >= 0.6 is 23.5 Å². The van der Waals surface area contributed by atoms with E-state index in [1.807, 2.05) is 61.3 Å². The van der Waals surface area contributed by atoms with E-state index < -0.39 is 0 Å². The van der Waals surface area contributed by atoms with Gasteiger partial charge in [-0.2, -0.15) is 11.8 Å². The Bertz CT molecular complexity index is 696. The summed E-state index contributed by atoms with van der Waals surface area (Å²) in [5.41, 5.74) is 8.90. The van der Waals surface area contributed by atoms with Gasteiger partial charge in [-0.3, -0.25) is 0 Å². The fourth-order valence-electron chi connectivity index (χ4n) is 1.84. The van der Waals surface area contributed by atoms with Gasteiger partial charge in [-0.25, -0.2) is 9.79 Å². The number of hydrogen-bond acceptors (Lipinski definition) is 7. The van der Waals surface area contributed by atoms with Crippen LogP contribution in [0.2, 0.25) is 0 Å². The van der Waals surface area contributed by atoms with Crippen LogP contribution < -0.4 is 11.1 Å². The maximum absolute atomic E-state index is 11.0. The Kier molecular flexibility index (Phi) is 17.3. The van der Waals surface area contributed by atoms with Crippen molar-refractivity contribution in [2.45, 2.75) is 6.42 Å². The van der Waals surface area contributed by atoms with Gasteiger partial charge in [0.1, 0.15) is 0 Å². The van der Waals surface area contributed by atoms with Gasteiger partial charge in [-0.05, 0) is 60.6 Å². The van der Waals surface area contributed by atoms with Crippen molar-refractivity contribution in [3.05, 3.63) is 60.2 Å². The van der Waals surface area contributed by atoms with Gasteiger partial charge in [0, 0.05) is 12.7 Å². The summed E-state index contributed by atoms with van der Waals surface area (Å²) in [4.78, 5) is 14.8. The van der Waals surface area contributed by atoms with Gasteiger partial charge in [0.25, 0.3) is 0 Å². The van der Waals surface area contributed by atoms with Crippen molar-refractivity contribution in [2.75, 3.05) is 37.2 Å². The molecule has 2 aromatic rings. The molecule has 0 aliphatic rings. The lowest BCUT2D eigenvalue weighted by Gasteiger charge is -2.01. The van der Waals surface area contributed by atoms with Crippen LogP contribution in [0.1, 0.15) is 16.8 Å². The van der Waals surface area contributed by atoms with Crippen LogP contribution in [0.25, 0.3) is 0 Å². The zero-order valence-electron chi connectivity index (χ0n) is 17.1. The van der Waals surface area contributed by atoms with Gasteiger partial charge in [-0.1, -0.05) is 18.2 Å². The number of nitrogens with two attached hydrogens (primary N) is 1. The van der Waals surface area contributed by atoms with E-state index in [0.29, 0.717) is 5.56 Å². The van der Waals surface area contributed by atoms with Crippen molar-refractivity contribution in [3.8, 4) is 0 Å². The van der Waals surface area contributed by atoms with E-state index in [1.54, 1.807) is 23.9 Å². The first-order valence-corrected chi connectivity index (χ1v) is 11.3. The van der Waals surface area contributed by atoms with E-state index in [1.165, 1.54) is 31.2 Å². The molecular weight excluding hydrogens is 404 g/mol. The largest absolute Gasteiger partial charge is 0.465 e. The van der Waals surface area contributed by atoms with E-state index in [0.717, 1.165) is 17.1 Å². The Balaban J connectivity index is 0.000000417. The second-order valence-electron chi connectivity index (χ2n) is 5.27. The predicted octanol–water partition coefficient (Wildman–Crippen LogP) is 4.90. The second-order valence-corrected chi connectivity index (χ2v) is 7.23. The lowest BCUT2D eigenvalue weighted by Crippen LogP contribution is -2.00. The zero-order chi connectivity index (χ0) is 21.7. The van der Waals surface area contributed by atoms with Crippen molar-refractivity contribution in [1.29, 1.82) is 5.41 Å². The summed E-state index contributed by atoms with van der Waals surface area (Å²) in [5.74, 6) is 2.02. The Morgan fingerprint density at radius 3 is 2.31 bits per heavy atom. The number of hydrogen-bond donors (Lipinski definition) is 3.